The van der Waals surface area contributed by atoms with Gasteiger partial charge >= 0.3 is 0 Å². The van der Waals surface area contributed by atoms with Gasteiger partial charge in [0.15, 0.2) is 0 Å². The van der Waals surface area contributed by atoms with Crippen LogP contribution >= 0.6 is 0 Å². The van der Waals surface area contributed by atoms with Crippen LogP contribution in [0.15, 0.2) is 18.2 Å². The molecule has 0 aliphatic heterocycles. The molecule has 0 fully saturated rings. The van der Waals surface area contributed by atoms with Crippen molar-refractivity contribution < 1.29 is 9.18 Å². The molecule has 0 saturated carbocycles. The first-order chi connectivity index (χ1) is 6.29. The molecule has 0 heterocycles. The van der Waals surface area contributed by atoms with Crippen LogP contribution in [0.2, 0.25) is 0 Å². The van der Waals surface area contributed by atoms with E-state index in [0.29, 0.717) is 6.42 Å². The number of carbonyl (C=O) groups is 1. The molecule has 1 aromatic carbocycles. The Morgan fingerprint density at radius 2 is 2.23 bits per heavy atom. The maximum Gasteiger partial charge on any atom is 0.123 e. The molecule has 13 heavy (non-hydrogen) atoms. The quantitative estimate of drug-likeness (QED) is 0.602. The van der Waals surface area contributed by atoms with Gasteiger partial charge in [-0.1, -0.05) is 6.07 Å². The summed E-state index contributed by atoms with van der Waals surface area (Å²) in [4.78, 5) is 10.6. The largest absolute Gasteiger partial charge is 0.303 e. The Kier molecular flexibility index (Phi) is 2.13. The van der Waals surface area contributed by atoms with Crippen molar-refractivity contribution in [1.82, 2.24) is 0 Å². The first kappa shape index (κ1) is 8.42. The molecule has 0 N–H and O–H groups in total. The Labute approximate surface area is 76.6 Å². The minimum absolute atomic E-state index is 0.0919. The van der Waals surface area contributed by atoms with Gasteiger partial charge in [-0.25, -0.2) is 4.39 Å². The number of aryl methyl sites for hydroxylation is 1. The van der Waals surface area contributed by atoms with Crippen LogP contribution in [0, 0.1) is 11.7 Å². The fraction of sp³-hybridized carbons (Fsp3) is 0.364. The molecule has 0 bridgehead atoms. The van der Waals surface area contributed by atoms with E-state index >= 15 is 0 Å². The fourth-order valence-corrected chi connectivity index (χ4v) is 1.87. The highest BCUT2D eigenvalue weighted by molar-refractivity contribution is 5.55. The second-order valence-corrected chi connectivity index (χ2v) is 3.55. The highest BCUT2D eigenvalue weighted by Gasteiger charge is 2.17. The van der Waals surface area contributed by atoms with Crippen LogP contribution in [-0.4, -0.2) is 6.29 Å². The van der Waals surface area contributed by atoms with Crippen LogP contribution in [0.3, 0.4) is 0 Å². The van der Waals surface area contributed by atoms with E-state index in [4.69, 9.17) is 0 Å². The normalized spacial score (nSPS) is 20.8. The van der Waals surface area contributed by atoms with Crippen molar-refractivity contribution in [1.29, 1.82) is 0 Å². The van der Waals surface area contributed by atoms with E-state index in [-0.39, 0.29) is 11.7 Å². The van der Waals surface area contributed by atoms with Gasteiger partial charge in [0.1, 0.15) is 12.1 Å². The van der Waals surface area contributed by atoms with Gasteiger partial charge in [0.25, 0.3) is 0 Å². The molecule has 1 nitrogen and oxygen atoms in total. The number of fused-ring (bicyclic) bond motifs is 1. The number of halogens is 1. The summed E-state index contributed by atoms with van der Waals surface area (Å²) in [7, 11) is 0. The average Bonchev–Trinajstić information content (AvgIpc) is 2.16. The van der Waals surface area contributed by atoms with Gasteiger partial charge in [-0.15, -0.1) is 0 Å². The van der Waals surface area contributed by atoms with Gasteiger partial charge in [0, 0.05) is 5.92 Å². The zero-order valence-corrected chi connectivity index (χ0v) is 7.29. The lowest BCUT2D eigenvalue weighted by Gasteiger charge is -2.19. The summed E-state index contributed by atoms with van der Waals surface area (Å²) in [6.07, 6.45) is 3.49. The summed E-state index contributed by atoms with van der Waals surface area (Å²) < 4.78 is 12.8. The standard InChI is InChI=1S/C11H11FO/c12-11-4-3-9-2-1-8(7-13)5-10(9)6-11/h3-4,6-8H,1-2,5H2. The maximum atomic E-state index is 12.8. The monoisotopic (exact) mass is 178 g/mol. The zero-order valence-electron chi connectivity index (χ0n) is 7.29. The smallest absolute Gasteiger partial charge is 0.123 e. The predicted octanol–water partition coefficient (Wildman–Crippen LogP) is 2.13. The van der Waals surface area contributed by atoms with E-state index in [1.165, 1.54) is 11.6 Å². The van der Waals surface area contributed by atoms with Gasteiger partial charge in [0.2, 0.25) is 0 Å². The third-order valence-electron chi connectivity index (χ3n) is 2.63. The lowest BCUT2D eigenvalue weighted by atomic mass is 9.85. The van der Waals surface area contributed by atoms with Gasteiger partial charge in [-0.05, 0) is 42.5 Å². The van der Waals surface area contributed by atoms with Gasteiger partial charge in [-0.2, -0.15) is 0 Å². The summed E-state index contributed by atoms with van der Waals surface area (Å²) >= 11 is 0. The number of aldehydes is 1. The van der Waals surface area contributed by atoms with E-state index in [1.54, 1.807) is 6.07 Å². The summed E-state index contributed by atoms with van der Waals surface area (Å²) in [6, 6.07) is 4.86. The Bertz CT molecular complexity index is 333. The van der Waals surface area contributed by atoms with E-state index in [1.807, 2.05) is 6.07 Å². The maximum absolute atomic E-state index is 12.8. The first-order valence-corrected chi connectivity index (χ1v) is 4.52. The Morgan fingerprint density at radius 3 is 3.00 bits per heavy atom. The molecule has 1 unspecified atom stereocenters. The van der Waals surface area contributed by atoms with Crippen molar-refractivity contribution in [2.24, 2.45) is 5.92 Å². The van der Waals surface area contributed by atoms with Crippen molar-refractivity contribution in [3.8, 4) is 0 Å². The van der Waals surface area contributed by atoms with E-state index in [2.05, 4.69) is 0 Å². The zero-order chi connectivity index (χ0) is 9.26. The number of hydrogen-bond acceptors (Lipinski definition) is 1. The molecule has 2 heteroatoms. The lowest BCUT2D eigenvalue weighted by Crippen LogP contribution is -2.15. The molecule has 0 spiro atoms. The molecule has 0 aromatic heterocycles. The van der Waals surface area contributed by atoms with Crippen molar-refractivity contribution in [3.05, 3.63) is 35.1 Å². The molecule has 1 aliphatic carbocycles. The van der Waals surface area contributed by atoms with E-state index in [9.17, 15) is 9.18 Å². The topological polar surface area (TPSA) is 17.1 Å². The van der Waals surface area contributed by atoms with Crippen molar-refractivity contribution in [2.75, 3.05) is 0 Å². The molecule has 1 aromatic rings. The van der Waals surface area contributed by atoms with Crippen molar-refractivity contribution in [3.63, 3.8) is 0 Å². The number of carbonyl (C=O) groups excluding carboxylic acids is 1. The molecule has 2 rings (SSSR count). The number of benzene rings is 1. The highest BCUT2D eigenvalue weighted by atomic mass is 19.1. The van der Waals surface area contributed by atoms with Crippen LogP contribution in [-0.2, 0) is 17.6 Å². The molecule has 0 radical (unpaired) electrons. The second kappa shape index (κ2) is 3.29. The van der Waals surface area contributed by atoms with Crippen LogP contribution < -0.4 is 0 Å². The SMILES string of the molecule is O=CC1CCc2ccc(F)cc2C1. The van der Waals surface area contributed by atoms with E-state index in [0.717, 1.165) is 24.7 Å². The molecule has 1 atom stereocenters. The Hall–Kier alpha value is -1.18. The van der Waals surface area contributed by atoms with Gasteiger partial charge < -0.3 is 4.79 Å². The van der Waals surface area contributed by atoms with Crippen LogP contribution in [0.25, 0.3) is 0 Å². The minimum Gasteiger partial charge on any atom is -0.303 e. The molecule has 0 amide bonds. The number of rotatable bonds is 1. The minimum atomic E-state index is -0.203. The lowest BCUT2D eigenvalue weighted by molar-refractivity contribution is -0.111. The third-order valence-corrected chi connectivity index (χ3v) is 2.63. The molecular formula is C11H11FO. The summed E-state index contributed by atoms with van der Waals surface area (Å²) in [6.45, 7) is 0. The van der Waals surface area contributed by atoms with Gasteiger partial charge in [0.05, 0.1) is 0 Å². The first-order valence-electron chi connectivity index (χ1n) is 4.52. The molecule has 1 aliphatic rings. The summed E-state index contributed by atoms with van der Waals surface area (Å²) in [5, 5.41) is 0. The molecular weight excluding hydrogens is 167 g/mol. The van der Waals surface area contributed by atoms with Crippen molar-refractivity contribution in [2.45, 2.75) is 19.3 Å². The van der Waals surface area contributed by atoms with Crippen molar-refractivity contribution >= 4 is 6.29 Å². The Balaban J connectivity index is 2.32. The number of hydrogen-bond donors (Lipinski definition) is 0. The van der Waals surface area contributed by atoms with Crippen LogP contribution in [0.1, 0.15) is 17.5 Å². The summed E-state index contributed by atoms with van der Waals surface area (Å²) in [5.74, 6) is -0.111. The third kappa shape index (κ3) is 1.62. The molecule has 68 valence electrons. The van der Waals surface area contributed by atoms with Gasteiger partial charge in [-0.3, -0.25) is 0 Å². The van der Waals surface area contributed by atoms with Crippen LogP contribution in [0.4, 0.5) is 4.39 Å². The fourth-order valence-electron chi connectivity index (χ4n) is 1.87. The van der Waals surface area contributed by atoms with E-state index < -0.39 is 0 Å². The second-order valence-electron chi connectivity index (χ2n) is 3.55. The van der Waals surface area contributed by atoms with Crippen LogP contribution in [0.5, 0.6) is 0 Å². The summed E-state index contributed by atoms with van der Waals surface area (Å²) in [5.41, 5.74) is 2.20. The highest BCUT2D eigenvalue weighted by Crippen LogP contribution is 2.24. The average molecular weight is 178 g/mol. The Morgan fingerprint density at radius 1 is 1.38 bits per heavy atom. The molecule has 0 saturated heterocycles. The predicted molar refractivity (Wildman–Crippen MR) is 48.0 cm³/mol.